The minimum absolute atomic E-state index is 0.199. The SMILES string of the molecule is N/C(CC(c1ccccc1)N1CCN2CCCC2C1)=N/O. The third-order valence-electron chi connectivity index (χ3n) is 4.77. The molecule has 0 radical (unpaired) electrons. The Balaban J connectivity index is 1.78. The lowest BCUT2D eigenvalue weighted by Gasteiger charge is -2.41. The highest BCUT2D eigenvalue weighted by atomic mass is 16.4. The fourth-order valence-corrected chi connectivity index (χ4v) is 3.67. The summed E-state index contributed by atoms with van der Waals surface area (Å²) in [4.78, 5) is 5.10. The predicted octanol–water partition coefficient (Wildman–Crippen LogP) is 1.64. The molecule has 0 amide bonds. The van der Waals surface area contributed by atoms with Crippen molar-refractivity contribution in [1.29, 1.82) is 0 Å². The second-order valence-electron chi connectivity index (χ2n) is 6.05. The minimum atomic E-state index is 0.199. The first kappa shape index (κ1) is 14.4. The quantitative estimate of drug-likeness (QED) is 0.383. The van der Waals surface area contributed by atoms with Gasteiger partial charge in [0.25, 0.3) is 0 Å². The van der Waals surface area contributed by atoms with Crippen LogP contribution in [0.4, 0.5) is 0 Å². The fourth-order valence-electron chi connectivity index (χ4n) is 3.67. The molecule has 2 aliphatic rings. The summed E-state index contributed by atoms with van der Waals surface area (Å²) in [5, 5.41) is 12.1. The van der Waals surface area contributed by atoms with Crippen LogP contribution in [-0.2, 0) is 0 Å². The Bertz CT molecular complexity index is 490. The second-order valence-corrected chi connectivity index (χ2v) is 6.05. The van der Waals surface area contributed by atoms with E-state index in [1.54, 1.807) is 0 Å². The fraction of sp³-hybridized carbons (Fsp3) is 0.562. The number of piperazine rings is 1. The van der Waals surface area contributed by atoms with E-state index in [9.17, 15) is 0 Å². The zero-order chi connectivity index (χ0) is 14.7. The van der Waals surface area contributed by atoms with Gasteiger partial charge in [-0.3, -0.25) is 9.80 Å². The number of fused-ring (bicyclic) bond motifs is 1. The van der Waals surface area contributed by atoms with Gasteiger partial charge in [-0.05, 0) is 24.9 Å². The molecule has 0 spiro atoms. The van der Waals surface area contributed by atoms with Crippen molar-refractivity contribution in [2.24, 2.45) is 10.9 Å². The number of nitrogens with zero attached hydrogens (tertiary/aromatic N) is 3. The van der Waals surface area contributed by atoms with Crippen LogP contribution in [0.1, 0.15) is 30.9 Å². The molecule has 0 aromatic heterocycles. The third-order valence-corrected chi connectivity index (χ3v) is 4.77. The molecule has 2 fully saturated rings. The Hall–Kier alpha value is -1.59. The monoisotopic (exact) mass is 288 g/mol. The van der Waals surface area contributed by atoms with Gasteiger partial charge in [-0.2, -0.15) is 0 Å². The molecule has 0 bridgehead atoms. The van der Waals surface area contributed by atoms with E-state index in [1.807, 2.05) is 6.07 Å². The number of benzene rings is 1. The van der Waals surface area contributed by atoms with Gasteiger partial charge in [0.15, 0.2) is 0 Å². The summed E-state index contributed by atoms with van der Waals surface area (Å²) < 4.78 is 0. The third kappa shape index (κ3) is 3.19. The smallest absolute Gasteiger partial charge is 0.141 e. The summed E-state index contributed by atoms with van der Waals surface area (Å²) in [5.74, 6) is 0.303. The second kappa shape index (κ2) is 6.45. The maximum absolute atomic E-state index is 8.92. The number of rotatable bonds is 4. The maximum atomic E-state index is 8.92. The standard InChI is InChI=1S/C16H24N4O/c17-16(18-21)11-15(13-5-2-1-3-6-13)20-10-9-19-8-4-7-14(19)12-20/h1-3,5-6,14-15,21H,4,7-12H2,(H2,17,18). The van der Waals surface area contributed by atoms with Crippen molar-refractivity contribution < 1.29 is 5.21 Å². The van der Waals surface area contributed by atoms with Crippen LogP contribution >= 0.6 is 0 Å². The number of nitrogens with two attached hydrogens (primary N) is 1. The highest BCUT2D eigenvalue weighted by molar-refractivity contribution is 5.80. The molecule has 2 aliphatic heterocycles. The lowest BCUT2D eigenvalue weighted by atomic mass is 9.99. The first-order valence-electron chi connectivity index (χ1n) is 7.77. The van der Waals surface area contributed by atoms with E-state index in [-0.39, 0.29) is 6.04 Å². The molecular formula is C16H24N4O. The van der Waals surface area contributed by atoms with Gasteiger partial charge in [-0.25, -0.2) is 0 Å². The molecule has 2 heterocycles. The molecule has 21 heavy (non-hydrogen) atoms. The van der Waals surface area contributed by atoms with E-state index >= 15 is 0 Å². The van der Waals surface area contributed by atoms with Gasteiger partial charge in [-0.1, -0.05) is 35.5 Å². The van der Waals surface area contributed by atoms with E-state index in [4.69, 9.17) is 10.9 Å². The Morgan fingerprint density at radius 1 is 1.29 bits per heavy atom. The van der Waals surface area contributed by atoms with Gasteiger partial charge in [0, 0.05) is 38.1 Å². The molecule has 0 saturated carbocycles. The van der Waals surface area contributed by atoms with E-state index < -0.39 is 0 Å². The van der Waals surface area contributed by atoms with Crippen molar-refractivity contribution in [2.45, 2.75) is 31.3 Å². The molecule has 2 saturated heterocycles. The van der Waals surface area contributed by atoms with E-state index in [0.717, 1.165) is 19.6 Å². The summed E-state index contributed by atoms with van der Waals surface area (Å²) in [5.41, 5.74) is 7.03. The summed E-state index contributed by atoms with van der Waals surface area (Å²) >= 11 is 0. The number of hydrogen-bond acceptors (Lipinski definition) is 4. The van der Waals surface area contributed by atoms with Crippen LogP contribution < -0.4 is 5.73 Å². The van der Waals surface area contributed by atoms with E-state index in [2.05, 4.69) is 39.2 Å². The molecule has 5 heteroatoms. The summed E-state index contributed by atoms with van der Waals surface area (Å²) in [7, 11) is 0. The Kier molecular flexibility index (Phi) is 4.41. The average Bonchev–Trinajstić information content (AvgIpc) is 3.00. The molecule has 0 aliphatic carbocycles. The van der Waals surface area contributed by atoms with E-state index in [0.29, 0.717) is 18.3 Å². The van der Waals surface area contributed by atoms with Gasteiger partial charge in [0.2, 0.25) is 0 Å². The van der Waals surface area contributed by atoms with Crippen molar-refractivity contribution in [2.75, 3.05) is 26.2 Å². The molecule has 5 nitrogen and oxygen atoms in total. The highest BCUT2D eigenvalue weighted by Gasteiger charge is 2.34. The lowest BCUT2D eigenvalue weighted by Crippen LogP contribution is -2.51. The van der Waals surface area contributed by atoms with Crippen LogP contribution in [0.3, 0.4) is 0 Å². The first-order valence-corrected chi connectivity index (χ1v) is 7.77. The molecule has 2 atom stereocenters. The van der Waals surface area contributed by atoms with Crippen molar-refractivity contribution in [1.82, 2.24) is 9.80 Å². The van der Waals surface area contributed by atoms with Gasteiger partial charge < -0.3 is 10.9 Å². The van der Waals surface area contributed by atoms with Crippen LogP contribution in [0.15, 0.2) is 35.5 Å². The minimum Gasteiger partial charge on any atom is -0.409 e. The highest BCUT2D eigenvalue weighted by Crippen LogP contribution is 2.30. The zero-order valence-electron chi connectivity index (χ0n) is 12.4. The summed E-state index contributed by atoms with van der Waals surface area (Å²) in [6, 6.07) is 11.3. The topological polar surface area (TPSA) is 65.1 Å². The molecule has 3 N–H and O–H groups in total. The average molecular weight is 288 g/mol. The molecule has 1 aromatic rings. The van der Waals surface area contributed by atoms with Crippen LogP contribution in [0, 0.1) is 0 Å². The lowest BCUT2D eigenvalue weighted by molar-refractivity contribution is 0.0729. The molecular weight excluding hydrogens is 264 g/mol. The molecule has 3 rings (SSSR count). The first-order chi connectivity index (χ1) is 10.3. The van der Waals surface area contributed by atoms with Crippen LogP contribution in [0.2, 0.25) is 0 Å². The van der Waals surface area contributed by atoms with Crippen molar-refractivity contribution in [3.63, 3.8) is 0 Å². The molecule has 114 valence electrons. The van der Waals surface area contributed by atoms with Gasteiger partial charge in [-0.15, -0.1) is 0 Å². The summed E-state index contributed by atoms with van der Waals surface area (Å²) in [6.45, 7) is 4.51. The summed E-state index contributed by atoms with van der Waals surface area (Å²) in [6.07, 6.45) is 3.18. The maximum Gasteiger partial charge on any atom is 0.141 e. The number of hydrogen-bond donors (Lipinski definition) is 2. The van der Waals surface area contributed by atoms with Gasteiger partial charge in [0.1, 0.15) is 5.84 Å². The number of oxime groups is 1. The van der Waals surface area contributed by atoms with Crippen molar-refractivity contribution in [3.8, 4) is 0 Å². The normalized spacial score (nSPS) is 25.7. The van der Waals surface area contributed by atoms with Crippen molar-refractivity contribution >= 4 is 5.84 Å². The van der Waals surface area contributed by atoms with Gasteiger partial charge in [0.05, 0.1) is 0 Å². The van der Waals surface area contributed by atoms with Crippen LogP contribution in [0.25, 0.3) is 0 Å². The molecule has 2 unspecified atom stereocenters. The number of amidine groups is 1. The van der Waals surface area contributed by atoms with Gasteiger partial charge >= 0.3 is 0 Å². The van der Waals surface area contributed by atoms with Crippen molar-refractivity contribution in [3.05, 3.63) is 35.9 Å². The zero-order valence-corrected chi connectivity index (χ0v) is 12.4. The largest absolute Gasteiger partial charge is 0.409 e. The predicted molar refractivity (Wildman–Crippen MR) is 83.4 cm³/mol. The van der Waals surface area contributed by atoms with E-state index in [1.165, 1.54) is 24.9 Å². The van der Waals surface area contributed by atoms with Crippen LogP contribution in [0.5, 0.6) is 0 Å². The Morgan fingerprint density at radius 3 is 2.86 bits per heavy atom. The van der Waals surface area contributed by atoms with Crippen LogP contribution in [-0.4, -0.2) is 53.1 Å². The molecule has 1 aromatic carbocycles. The Morgan fingerprint density at radius 2 is 2.10 bits per heavy atom. The Labute approximate surface area is 126 Å².